The fourth-order valence-electron chi connectivity index (χ4n) is 3.31. The summed E-state index contributed by atoms with van der Waals surface area (Å²) in [5.74, 6) is -0.545. The van der Waals surface area contributed by atoms with Crippen molar-refractivity contribution in [3.05, 3.63) is 84.7 Å². The van der Waals surface area contributed by atoms with Crippen LogP contribution < -0.4 is 4.90 Å². The number of anilines is 1. The van der Waals surface area contributed by atoms with Gasteiger partial charge in [-0.25, -0.2) is 0 Å². The van der Waals surface area contributed by atoms with Crippen LogP contribution in [0.2, 0.25) is 0 Å². The van der Waals surface area contributed by atoms with Gasteiger partial charge in [0.05, 0.1) is 12.2 Å². The number of pyridine rings is 1. The molecular formula is C23H20N2O3. The van der Waals surface area contributed by atoms with E-state index in [1.165, 1.54) is 0 Å². The highest BCUT2D eigenvalue weighted by atomic mass is 16.6. The van der Waals surface area contributed by atoms with Crippen molar-refractivity contribution in [1.82, 2.24) is 4.98 Å². The number of hydrogen-bond donors (Lipinski definition) is 0. The van der Waals surface area contributed by atoms with Crippen molar-refractivity contribution in [3.8, 4) is 11.1 Å². The molecule has 140 valence electrons. The van der Waals surface area contributed by atoms with Crippen molar-refractivity contribution in [1.29, 1.82) is 0 Å². The lowest BCUT2D eigenvalue weighted by Gasteiger charge is -2.25. The summed E-state index contributed by atoms with van der Waals surface area (Å²) < 4.78 is 5.23. The largest absolute Gasteiger partial charge is 0.452 e. The van der Waals surface area contributed by atoms with Crippen LogP contribution in [0.15, 0.2) is 79.0 Å². The first-order valence-electron chi connectivity index (χ1n) is 9.27. The molecule has 1 fully saturated rings. The number of cyclic esters (lactones) is 1. The van der Waals surface area contributed by atoms with Crippen molar-refractivity contribution in [2.24, 2.45) is 0 Å². The van der Waals surface area contributed by atoms with E-state index in [4.69, 9.17) is 4.74 Å². The molecule has 1 aliphatic heterocycles. The zero-order chi connectivity index (χ0) is 19.3. The molecule has 0 aliphatic carbocycles. The quantitative estimate of drug-likeness (QED) is 0.636. The van der Waals surface area contributed by atoms with Gasteiger partial charge < -0.3 is 9.64 Å². The van der Waals surface area contributed by atoms with Crippen LogP contribution in [0.4, 0.5) is 5.69 Å². The van der Waals surface area contributed by atoms with Crippen molar-refractivity contribution < 1.29 is 14.3 Å². The first kappa shape index (κ1) is 17.9. The second-order valence-electron chi connectivity index (χ2n) is 6.68. The van der Waals surface area contributed by atoms with Crippen LogP contribution >= 0.6 is 0 Å². The summed E-state index contributed by atoms with van der Waals surface area (Å²) >= 11 is 0. The maximum Gasteiger partial charge on any atom is 0.306 e. The first-order valence-corrected chi connectivity index (χ1v) is 9.27. The Bertz CT molecular complexity index is 973. The van der Waals surface area contributed by atoms with Crippen LogP contribution in [0.3, 0.4) is 0 Å². The first-order chi connectivity index (χ1) is 13.7. The molecule has 1 amide bonds. The average molecular weight is 372 g/mol. The number of carbonyl (C=O) groups excluding carboxylic acids is 2. The summed E-state index contributed by atoms with van der Waals surface area (Å²) in [5, 5.41) is 0. The topological polar surface area (TPSA) is 59.5 Å². The second kappa shape index (κ2) is 8.05. The average Bonchev–Trinajstić information content (AvgIpc) is 3.19. The van der Waals surface area contributed by atoms with Gasteiger partial charge >= 0.3 is 5.97 Å². The van der Waals surface area contributed by atoms with Crippen molar-refractivity contribution >= 4 is 17.6 Å². The fraction of sp³-hybridized carbons (Fsp3) is 0.174. The molecule has 2 aromatic carbocycles. The van der Waals surface area contributed by atoms with Gasteiger partial charge in [0.2, 0.25) is 0 Å². The van der Waals surface area contributed by atoms with Crippen molar-refractivity contribution in [3.63, 3.8) is 0 Å². The summed E-state index contributed by atoms with van der Waals surface area (Å²) in [5.41, 5.74) is 3.60. The Morgan fingerprint density at radius 3 is 2.50 bits per heavy atom. The highest BCUT2D eigenvalue weighted by molar-refractivity contribution is 5.99. The molecule has 0 saturated carbocycles. The molecule has 1 atom stereocenters. The number of ether oxygens (including phenoxy) is 1. The summed E-state index contributed by atoms with van der Waals surface area (Å²) in [6.07, 6.45) is 1.65. The smallest absolute Gasteiger partial charge is 0.306 e. The Balaban J connectivity index is 1.68. The molecule has 2 heterocycles. The minimum atomic E-state index is -0.739. The van der Waals surface area contributed by atoms with Gasteiger partial charge in [0.25, 0.3) is 5.91 Å². The lowest BCUT2D eigenvalue weighted by atomic mass is 10.0. The zero-order valence-electron chi connectivity index (χ0n) is 15.3. The summed E-state index contributed by atoms with van der Waals surface area (Å²) in [6.45, 7) is 0.311. The van der Waals surface area contributed by atoms with Crippen LogP contribution in [-0.4, -0.2) is 23.0 Å². The van der Waals surface area contributed by atoms with E-state index in [1.807, 2.05) is 72.8 Å². The van der Waals surface area contributed by atoms with E-state index >= 15 is 0 Å². The second-order valence-corrected chi connectivity index (χ2v) is 6.68. The molecule has 0 spiro atoms. The highest BCUT2D eigenvalue weighted by Gasteiger charge is 2.34. The predicted octanol–water partition coefficient (Wildman–Crippen LogP) is 3.99. The SMILES string of the molecule is O=C1CC[C@@H](C(=O)N(Cc2ccccn2)c2cccc(-c3ccccc3)c2)O1. The summed E-state index contributed by atoms with van der Waals surface area (Å²) in [7, 11) is 0. The van der Waals surface area contributed by atoms with Gasteiger partial charge in [-0.3, -0.25) is 14.6 Å². The minimum absolute atomic E-state index is 0.221. The number of nitrogens with zero attached hydrogens (tertiary/aromatic N) is 2. The molecule has 0 radical (unpaired) electrons. The predicted molar refractivity (Wildman–Crippen MR) is 106 cm³/mol. The standard InChI is InChI=1S/C23H20N2O3/c26-22-13-12-21(28-22)23(27)25(16-19-10-4-5-14-24-19)20-11-6-9-18(15-20)17-7-2-1-3-8-17/h1-11,14-15,21H,12-13,16H2/t21-/m0/s1. The molecule has 1 aromatic heterocycles. The molecular weight excluding hydrogens is 352 g/mol. The Morgan fingerprint density at radius 1 is 1.00 bits per heavy atom. The van der Waals surface area contributed by atoms with Crippen LogP contribution in [-0.2, 0) is 20.9 Å². The number of amides is 1. The molecule has 0 unspecified atom stereocenters. The van der Waals surface area contributed by atoms with Crippen molar-refractivity contribution in [2.75, 3.05) is 4.90 Å². The number of aromatic nitrogens is 1. The highest BCUT2D eigenvalue weighted by Crippen LogP contribution is 2.27. The Hall–Kier alpha value is -3.47. The van der Waals surface area contributed by atoms with E-state index in [9.17, 15) is 9.59 Å². The maximum absolute atomic E-state index is 13.2. The van der Waals surface area contributed by atoms with Crippen LogP contribution in [0.25, 0.3) is 11.1 Å². The van der Waals surface area contributed by atoms with Gasteiger partial charge in [0.1, 0.15) is 0 Å². The lowest BCUT2D eigenvalue weighted by Crippen LogP contribution is -2.39. The monoisotopic (exact) mass is 372 g/mol. The van der Waals surface area contributed by atoms with E-state index in [2.05, 4.69) is 4.98 Å². The van der Waals surface area contributed by atoms with Crippen LogP contribution in [0, 0.1) is 0 Å². The van der Waals surface area contributed by atoms with Crippen LogP contribution in [0.5, 0.6) is 0 Å². The Morgan fingerprint density at radius 2 is 1.79 bits per heavy atom. The van der Waals surface area contributed by atoms with E-state index in [-0.39, 0.29) is 18.3 Å². The molecule has 1 aliphatic rings. The Labute approximate surface area is 163 Å². The van der Waals surface area contributed by atoms with Gasteiger partial charge in [-0.1, -0.05) is 48.5 Å². The van der Waals surface area contributed by atoms with Crippen molar-refractivity contribution in [2.45, 2.75) is 25.5 Å². The number of hydrogen-bond acceptors (Lipinski definition) is 4. The van der Waals surface area contributed by atoms with E-state index in [1.54, 1.807) is 11.1 Å². The van der Waals surface area contributed by atoms with Gasteiger partial charge in [0.15, 0.2) is 6.10 Å². The Kier molecular flexibility index (Phi) is 5.15. The molecule has 5 heteroatoms. The number of rotatable bonds is 5. The third-order valence-corrected chi connectivity index (χ3v) is 4.74. The van der Waals surface area contributed by atoms with E-state index < -0.39 is 6.10 Å². The lowest BCUT2D eigenvalue weighted by molar-refractivity contribution is -0.147. The fourth-order valence-corrected chi connectivity index (χ4v) is 3.31. The summed E-state index contributed by atoms with van der Waals surface area (Å²) in [6, 6.07) is 23.4. The van der Waals surface area contributed by atoms with Crippen LogP contribution in [0.1, 0.15) is 18.5 Å². The number of carbonyl (C=O) groups is 2. The number of esters is 1. The van der Waals surface area contributed by atoms with Gasteiger partial charge in [-0.05, 0) is 35.4 Å². The van der Waals surface area contributed by atoms with Gasteiger partial charge in [0, 0.05) is 24.7 Å². The third kappa shape index (κ3) is 3.93. The maximum atomic E-state index is 13.2. The molecule has 28 heavy (non-hydrogen) atoms. The van der Waals surface area contributed by atoms with Gasteiger partial charge in [-0.2, -0.15) is 0 Å². The normalized spacial score (nSPS) is 15.9. The van der Waals surface area contributed by atoms with Gasteiger partial charge in [-0.15, -0.1) is 0 Å². The molecule has 0 bridgehead atoms. The minimum Gasteiger partial charge on any atom is -0.452 e. The number of benzene rings is 2. The molecule has 4 rings (SSSR count). The molecule has 1 saturated heterocycles. The van der Waals surface area contributed by atoms with E-state index in [0.29, 0.717) is 13.0 Å². The zero-order valence-corrected chi connectivity index (χ0v) is 15.3. The third-order valence-electron chi connectivity index (χ3n) is 4.74. The summed E-state index contributed by atoms with van der Waals surface area (Å²) in [4.78, 5) is 30.7. The van der Waals surface area contributed by atoms with E-state index in [0.717, 1.165) is 22.5 Å². The molecule has 3 aromatic rings. The molecule has 0 N–H and O–H groups in total. The molecule has 5 nitrogen and oxygen atoms in total.